The summed E-state index contributed by atoms with van der Waals surface area (Å²) in [7, 11) is 0. The van der Waals surface area contributed by atoms with Crippen LogP contribution in [0.4, 0.5) is 0 Å². The summed E-state index contributed by atoms with van der Waals surface area (Å²) < 4.78 is 2.06. The zero-order valence-electron chi connectivity index (χ0n) is 12.2. The molecule has 1 heterocycles. The molecule has 0 radical (unpaired) electrons. The molecule has 1 aromatic heterocycles. The average molecular weight is 258 g/mol. The maximum Gasteiger partial charge on any atom is 0.0622 e. The third-order valence-electron chi connectivity index (χ3n) is 3.34. The Labute approximate surface area is 116 Å². The van der Waals surface area contributed by atoms with Crippen molar-refractivity contribution >= 4 is 13.2 Å². The SMILES string of the molecule is C=C(CC)CCCCNC(=C)Cn1c(=C)ccc1=C. The van der Waals surface area contributed by atoms with E-state index in [0.29, 0.717) is 0 Å². The molecule has 1 N–H and O–H groups in total. The van der Waals surface area contributed by atoms with E-state index in [1.165, 1.54) is 12.0 Å². The van der Waals surface area contributed by atoms with Gasteiger partial charge in [0.15, 0.2) is 0 Å². The Morgan fingerprint density at radius 1 is 1.16 bits per heavy atom. The van der Waals surface area contributed by atoms with Crippen molar-refractivity contribution < 1.29 is 0 Å². The third-order valence-corrected chi connectivity index (χ3v) is 3.34. The number of nitrogens with zero attached hydrogens (tertiary/aromatic N) is 1. The first kappa shape index (κ1) is 15.4. The van der Waals surface area contributed by atoms with Crippen LogP contribution < -0.4 is 16.0 Å². The standard InChI is InChI=1S/C17H26N2/c1-6-14(2)9-7-8-12-18-15(3)13-19-16(4)10-11-17(19)5/h10-11,18H,2-9,12-13H2,1H3. The Bertz CT molecular complexity index is 494. The lowest BCUT2D eigenvalue weighted by Gasteiger charge is -2.11. The Hall–Kier alpha value is -1.70. The normalized spacial score (nSPS) is 10.4. The molecule has 2 nitrogen and oxygen atoms in total. The van der Waals surface area contributed by atoms with Gasteiger partial charge in [-0.3, -0.25) is 0 Å². The topological polar surface area (TPSA) is 17.0 Å². The van der Waals surface area contributed by atoms with Crippen molar-refractivity contribution in [3.05, 3.63) is 47.3 Å². The van der Waals surface area contributed by atoms with Crippen LogP contribution in [0.15, 0.2) is 36.6 Å². The van der Waals surface area contributed by atoms with E-state index in [2.05, 4.69) is 43.1 Å². The molecule has 0 amide bonds. The van der Waals surface area contributed by atoms with Gasteiger partial charge in [0.25, 0.3) is 0 Å². The fourth-order valence-corrected chi connectivity index (χ4v) is 1.95. The zero-order chi connectivity index (χ0) is 14.3. The summed E-state index contributed by atoms with van der Waals surface area (Å²) in [5, 5.41) is 5.32. The number of rotatable bonds is 9. The molecule has 104 valence electrons. The van der Waals surface area contributed by atoms with E-state index >= 15 is 0 Å². The fraction of sp³-hybridized carbons (Fsp3) is 0.412. The molecule has 0 aromatic carbocycles. The van der Waals surface area contributed by atoms with E-state index < -0.39 is 0 Å². The highest BCUT2D eigenvalue weighted by Gasteiger charge is 1.98. The Kier molecular flexibility index (Phi) is 6.20. The summed E-state index contributed by atoms with van der Waals surface area (Å²) >= 11 is 0. The van der Waals surface area contributed by atoms with Crippen LogP contribution in [-0.2, 0) is 6.54 Å². The molecule has 0 unspecified atom stereocenters. The highest BCUT2D eigenvalue weighted by atomic mass is 15.0. The van der Waals surface area contributed by atoms with Gasteiger partial charge in [-0.05, 0) is 37.8 Å². The minimum absolute atomic E-state index is 0.742. The largest absolute Gasteiger partial charge is 0.387 e. The van der Waals surface area contributed by atoms with E-state index in [1.54, 1.807) is 0 Å². The molecule has 0 aliphatic rings. The number of hydrogen-bond donors (Lipinski definition) is 1. The van der Waals surface area contributed by atoms with Gasteiger partial charge in [0, 0.05) is 22.9 Å². The first-order valence-corrected chi connectivity index (χ1v) is 6.96. The number of hydrogen-bond acceptors (Lipinski definition) is 1. The molecule has 0 fully saturated rings. The van der Waals surface area contributed by atoms with Crippen LogP contribution in [0.5, 0.6) is 0 Å². The first-order chi connectivity index (χ1) is 9.04. The summed E-state index contributed by atoms with van der Waals surface area (Å²) in [6.45, 7) is 19.9. The highest BCUT2D eigenvalue weighted by molar-refractivity contribution is 5.10. The van der Waals surface area contributed by atoms with Crippen molar-refractivity contribution in [1.29, 1.82) is 0 Å². The zero-order valence-corrected chi connectivity index (χ0v) is 12.2. The van der Waals surface area contributed by atoms with E-state index in [9.17, 15) is 0 Å². The second-order valence-corrected chi connectivity index (χ2v) is 4.99. The van der Waals surface area contributed by atoms with Gasteiger partial charge in [0.2, 0.25) is 0 Å². The lowest BCUT2D eigenvalue weighted by molar-refractivity contribution is 0.627. The van der Waals surface area contributed by atoms with E-state index in [1.807, 2.05) is 12.1 Å². The maximum absolute atomic E-state index is 4.06. The van der Waals surface area contributed by atoms with Crippen LogP contribution in [0.2, 0.25) is 0 Å². The van der Waals surface area contributed by atoms with Crippen molar-refractivity contribution in [2.45, 2.75) is 39.2 Å². The second-order valence-electron chi connectivity index (χ2n) is 4.99. The third kappa shape index (κ3) is 5.21. The number of aromatic nitrogens is 1. The Morgan fingerprint density at radius 3 is 2.37 bits per heavy atom. The minimum Gasteiger partial charge on any atom is -0.387 e. The van der Waals surface area contributed by atoms with Gasteiger partial charge in [-0.2, -0.15) is 0 Å². The van der Waals surface area contributed by atoms with Crippen LogP contribution >= 0.6 is 0 Å². The predicted molar refractivity (Wildman–Crippen MR) is 85.2 cm³/mol. The lowest BCUT2D eigenvalue weighted by Crippen LogP contribution is -2.29. The summed E-state index contributed by atoms with van der Waals surface area (Å²) in [6, 6.07) is 3.96. The molecular formula is C17H26N2. The molecule has 2 heteroatoms. The molecule has 0 saturated heterocycles. The second kappa shape index (κ2) is 7.67. The molecule has 0 bridgehead atoms. The van der Waals surface area contributed by atoms with Gasteiger partial charge in [0.05, 0.1) is 6.54 Å². The van der Waals surface area contributed by atoms with Crippen LogP contribution in [0, 0.1) is 0 Å². The molecule has 1 rings (SSSR count). The van der Waals surface area contributed by atoms with Crippen LogP contribution in [0.25, 0.3) is 13.2 Å². The van der Waals surface area contributed by atoms with Gasteiger partial charge < -0.3 is 9.88 Å². The molecule has 1 aromatic rings. The van der Waals surface area contributed by atoms with Gasteiger partial charge in [-0.25, -0.2) is 0 Å². The molecule has 19 heavy (non-hydrogen) atoms. The van der Waals surface area contributed by atoms with Crippen LogP contribution in [0.1, 0.15) is 32.6 Å². The fourth-order valence-electron chi connectivity index (χ4n) is 1.95. The van der Waals surface area contributed by atoms with Crippen molar-refractivity contribution in [2.75, 3.05) is 6.54 Å². The lowest BCUT2D eigenvalue weighted by atomic mass is 10.1. The summed E-state index contributed by atoms with van der Waals surface area (Å²) in [5.74, 6) is 0. The number of unbranched alkanes of at least 4 members (excludes halogenated alkanes) is 1. The Morgan fingerprint density at radius 2 is 1.79 bits per heavy atom. The summed E-state index contributed by atoms with van der Waals surface area (Å²) in [4.78, 5) is 0. The molecule has 0 spiro atoms. The Balaban J connectivity index is 2.24. The van der Waals surface area contributed by atoms with Gasteiger partial charge in [0.1, 0.15) is 0 Å². The van der Waals surface area contributed by atoms with Crippen molar-refractivity contribution in [3.63, 3.8) is 0 Å². The minimum atomic E-state index is 0.742. The molecule has 0 atom stereocenters. The summed E-state index contributed by atoms with van der Waals surface area (Å²) in [6.07, 6.45) is 4.57. The molecule has 0 saturated carbocycles. The molecule has 0 aliphatic heterocycles. The van der Waals surface area contributed by atoms with Crippen molar-refractivity contribution in [1.82, 2.24) is 9.88 Å². The van der Waals surface area contributed by atoms with Gasteiger partial charge in [-0.15, -0.1) is 0 Å². The van der Waals surface area contributed by atoms with E-state index in [4.69, 9.17) is 0 Å². The quantitative estimate of drug-likeness (QED) is 0.532. The average Bonchev–Trinajstić information content (AvgIpc) is 2.69. The molecular weight excluding hydrogens is 232 g/mol. The summed E-state index contributed by atoms with van der Waals surface area (Å²) in [5.41, 5.74) is 2.36. The van der Waals surface area contributed by atoms with Crippen LogP contribution in [0.3, 0.4) is 0 Å². The monoisotopic (exact) mass is 258 g/mol. The smallest absolute Gasteiger partial charge is 0.0622 e. The maximum atomic E-state index is 4.06. The van der Waals surface area contributed by atoms with Gasteiger partial charge >= 0.3 is 0 Å². The van der Waals surface area contributed by atoms with Gasteiger partial charge in [-0.1, -0.05) is 38.8 Å². The van der Waals surface area contributed by atoms with Crippen molar-refractivity contribution in [3.8, 4) is 0 Å². The number of allylic oxidation sites excluding steroid dienone is 2. The van der Waals surface area contributed by atoms with Crippen molar-refractivity contribution in [2.24, 2.45) is 0 Å². The van der Waals surface area contributed by atoms with E-state index in [0.717, 1.165) is 48.7 Å². The highest BCUT2D eigenvalue weighted by Crippen LogP contribution is 2.07. The number of nitrogens with one attached hydrogen (secondary N) is 1. The van der Waals surface area contributed by atoms with E-state index in [-0.39, 0.29) is 0 Å². The van der Waals surface area contributed by atoms with Crippen LogP contribution in [-0.4, -0.2) is 11.1 Å². The first-order valence-electron chi connectivity index (χ1n) is 6.96. The molecule has 0 aliphatic carbocycles. The predicted octanol–water partition coefficient (Wildman–Crippen LogP) is 2.55.